The number of phenols is 1. The molecule has 0 saturated heterocycles. The molecule has 0 bridgehead atoms. The van der Waals surface area contributed by atoms with Crippen LogP contribution in [0, 0.1) is 17.0 Å². The minimum absolute atomic E-state index is 0.0407. The molecule has 0 fully saturated rings. The number of nitrogens with zero attached hydrogens (tertiary/aromatic N) is 2. The zero-order valence-corrected chi connectivity index (χ0v) is 11.7. The summed E-state index contributed by atoms with van der Waals surface area (Å²) in [4.78, 5) is 21.9. The number of hydrazone groups is 1. The molecule has 22 heavy (non-hydrogen) atoms. The lowest BCUT2D eigenvalue weighted by Crippen LogP contribution is -2.17. The highest BCUT2D eigenvalue weighted by Gasteiger charge is 2.10. The standard InChI is InChI=1S/C15H13N3O4/c1-10-5-6-14(19)12(7-10)9-16-17-15(20)11-3-2-4-13(8-11)18(21)22/h2-9,19H,1H3,(H,17,20). The smallest absolute Gasteiger partial charge is 0.271 e. The van der Waals surface area contributed by atoms with Crippen LogP contribution < -0.4 is 5.43 Å². The molecular weight excluding hydrogens is 286 g/mol. The number of hydrogen-bond donors (Lipinski definition) is 2. The van der Waals surface area contributed by atoms with E-state index in [1.54, 1.807) is 12.1 Å². The molecule has 0 heterocycles. The summed E-state index contributed by atoms with van der Waals surface area (Å²) in [5.74, 6) is -0.536. The fourth-order valence-corrected chi connectivity index (χ4v) is 1.76. The average molecular weight is 299 g/mol. The van der Waals surface area contributed by atoms with E-state index in [1.165, 1.54) is 30.5 Å². The molecule has 1 amide bonds. The molecule has 112 valence electrons. The van der Waals surface area contributed by atoms with Gasteiger partial charge in [-0.15, -0.1) is 0 Å². The number of carbonyl (C=O) groups excluding carboxylic acids is 1. The van der Waals surface area contributed by atoms with Crippen molar-refractivity contribution in [2.45, 2.75) is 6.92 Å². The molecular formula is C15H13N3O4. The molecule has 0 aliphatic heterocycles. The van der Waals surface area contributed by atoms with Gasteiger partial charge in [-0.25, -0.2) is 5.43 Å². The molecule has 7 nitrogen and oxygen atoms in total. The minimum atomic E-state index is -0.579. The summed E-state index contributed by atoms with van der Waals surface area (Å²) >= 11 is 0. The fraction of sp³-hybridized carbons (Fsp3) is 0.0667. The van der Waals surface area contributed by atoms with Crippen molar-refractivity contribution >= 4 is 17.8 Å². The Balaban J connectivity index is 2.09. The Hall–Kier alpha value is -3.22. The van der Waals surface area contributed by atoms with Crippen LogP contribution in [0.15, 0.2) is 47.6 Å². The van der Waals surface area contributed by atoms with E-state index in [1.807, 2.05) is 6.92 Å². The summed E-state index contributed by atoms with van der Waals surface area (Å²) in [6, 6.07) is 10.3. The predicted octanol–water partition coefficient (Wildman–Crippen LogP) is 2.37. The lowest BCUT2D eigenvalue weighted by Gasteiger charge is -2.01. The quantitative estimate of drug-likeness (QED) is 0.513. The lowest BCUT2D eigenvalue weighted by atomic mass is 10.1. The van der Waals surface area contributed by atoms with Gasteiger partial charge in [0.05, 0.1) is 11.1 Å². The van der Waals surface area contributed by atoms with Crippen LogP contribution in [0.4, 0.5) is 5.69 Å². The maximum Gasteiger partial charge on any atom is 0.271 e. The van der Waals surface area contributed by atoms with Crippen molar-refractivity contribution in [1.29, 1.82) is 0 Å². The van der Waals surface area contributed by atoms with E-state index in [2.05, 4.69) is 10.5 Å². The van der Waals surface area contributed by atoms with Crippen LogP contribution >= 0.6 is 0 Å². The van der Waals surface area contributed by atoms with E-state index in [0.29, 0.717) is 5.56 Å². The summed E-state index contributed by atoms with van der Waals surface area (Å²) < 4.78 is 0. The molecule has 0 atom stereocenters. The van der Waals surface area contributed by atoms with E-state index in [4.69, 9.17) is 0 Å². The van der Waals surface area contributed by atoms with E-state index in [0.717, 1.165) is 11.6 Å². The van der Waals surface area contributed by atoms with Gasteiger partial charge in [0.15, 0.2) is 0 Å². The predicted molar refractivity (Wildman–Crippen MR) is 81.0 cm³/mol. The Bertz CT molecular complexity index is 756. The SMILES string of the molecule is Cc1ccc(O)c(C=NNC(=O)c2cccc([N+](=O)[O-])c2)c1. The highest BCUT2D eigenvalue weighted by molar-refractivity contribution is 5.95. The van der Waals surface area contributed by atoms with Crippen LogP contribution in [0.3, 0.4) is 0 Å². The maximum absolute atomic E-state index is 11.9. The maximum atomic E-state index is 11.9. The van der Waals surface area contributed by atoms with Gasteiger partial charge in [-0.05, 0) is 25.1 Å². The number of carbonyl (C=O) groups is 1. The van der Waals surface area contributed by atoms with E-state index < -0.39 is 10.8 Å². The first kappa shape index (κ1) is 15.2. The second-order valence-electron chi connectivity index (χ2n) is 4.57. The van der Waals surface area contributed by atoms with Crippen LogP contribution in [0.1, 0.15) is 21.5 Å². The van der Waals surface area contributed by atoms with Gasteiger partial charge in [0.25, 0.3) is 11.6 Å². The topological polar surface area (TPSA) is 105 Å². The van der Waals surface area contributed by atoms with E-state index in [-0.39, 0.29) is 17.0 Å². The van der Waals surface area contributed by atoms with Gasteiger partial charge < -0.3 is 5.11 Å². The Kier molecular flexibility index (Phi) is 4.47. The molecule has 0 saturated carbocycles. The Morgan fingerprint density at radius 2 is 2.09 bits per heavy atom. The number of aromatic hydroxyl groups is 1. The van der Waals surface area contributed by atoms with Crippen molar-refractivity contribution in [3.8, 4) is 5.75 Å². The summed E-state index contributed by atoms with van der Waals surface area (Å²) in [5.41, 5.74) is 3.60. The van der Waals surface area contributed by atoms with Gasteiger partial charge in [0, 0.05) is 23.3 Å². The first-order valence-electron chi connectivity index (χ1n) is 6.35. The molecule has 0 aromatic heterocycles. The van der Waals surface area contributed by atoms with Gasteiger partial charge in [0.2, 0.25) is 0 Å². The zero-order chi connectivity index (χ0) is 16.1. The second-order valence-corrected chi connectivity index (χ2v) is 4.57. The van der Waals surface area contributed by atoms with Gasteiger partial charge in [-0.1, -0.05) is 17.7 Å². The molecule has 0 radical (unpaired) electrons. The Morgan fingerprint density at radius 3 is 2.82 bits per heavy atom. The molecule has 2 rings (SSSR count). The van der Waals surface area contributed by atoms with Crippen molar-refractivity contribution in [1.82, 2.24) is 5.43 Å². The summed E-state index contributed by atoms with van der Waals surface area (Å²) in [6.07, 6.45) is 1.30. The summed E-state index contributed by atoms with van der Waals surface area (Å²) in [7, 11) is 0. The van der Waals surface area contributed by atoms with Gasteiger partial charge in [0.1, 0.15) is 5.75 Å². The molecule has 0 aliphatic rings. The third kappa shape index (κ3) is 3.66. The third-order valence-electron chi connectivity index (χ3n) is 2.87. The Morgan fingerprint density at radius 1 is 1.32 bits per heavy atom. The highest BCUT2D eigenvalue weighted by Crippen LogP contribution is 2.16. The first-order chi connectivity index (χ1) is 10.5. The molecule has 2 aromatic carbocycles. The number of nitro groups is 1. The number of benzene rings is 2. The molecule has 0 aliphatic carbocycles. The monoisotopic (exact) mass is 299 g/mol. The van der Waals surface area contributed by atoms with Crippen molar-refractivity contribution in [3.63, 3.8) is 0 Å². The van der Waals surface area contributed by atoms with E-state index in [9.17, 15) is 20.0 Å². The zero-order valence-electron chi connectivity index (χ0n) is 11.7. The number of rotatable bonds is 4. The average Bonchev–Trinajstić information content (AvgIpc) is 2.50. The van der Waals surface area contributed by atoms with Crippen LogP contribution in [0.25, 0.3) is 0 Å². The number of aryl methyl sites for hydroxylation is 1. The van der Waals surface area contributed by atoms with Gasteiger partial charge in [-0.3, -0.25) is 14.9 Å². The molecule has 2 aromatic rings. The fourth-order valence-electron chi connectivity index (χ4n) is 1.76. The normalized spacial score (nSPS) is 10.6. The van der Waals surface area contributed by atoms with Gasteiger partial charge >= 0.3 is 0 Å². The number of phenolic OH excluding ortho intramolecular Hbond substituents is 1. The molecule has 2 N–H and O–H groups in total. The highest BCUT2D eigenvalue weighted by atomic mass is 16.6. The first-order valence-corrected chi connectivity index (χ1v) is 6.35. The van der Waals surface area contributed by atoms with Crippen molar-refractivity contribution in [2.75, 3.05) is 0 Å². The van der Waals surface area contributed by atoms with Crippen molar-refractivity contribution in [2.24, 2.45) is 5.10 Å². The van der Waals surface area contributed by atoms with Crippen molar-refractivity contribution in [3.05, 3.63) is 69.3 Å². The third-order valence-corrected chi connectivity index (χ3v) is 2.87. The number of non-ortho nitro benzene ring substituents is 1. The molecule has 7 heteroatoms. The number of hydrogen-bond acceptors (Lipinski definition) is 5. The van der Waals surface area contributed by atoms with Crippen molar-refractivity contribution < 1.29 is 14.8 Å². The Labute approximate surface area is 126 Å². The van der Waals surface area contributed by atoms with Crippen LogP contribution in [0.5, 0.6) is 5.75 Å². The van der Waals surface area contributed by atoms with Gasteiger partial charge in [-0.2, -0.15) is 5.10 Å². The molecule has 0 spiro atoms. The van der Waals surface area contributed by atoms with Crippen LogP contribution in [0.2, 0.25) is 0 Å². The lowest BCUT2D eigenvalue weighted by molar-refractivity contribution is -0.384. The number of nitro benzene ring substituents is 1. The summed E-state index contributed by atoms with van der Waals surface area (Å²) in [5, 5.41) is 24.0. The largest absolute Gasteiger partial charge is 0.507 e. The molecule has 0 unspecified atom stereocenters. The minimum Gasteiger partial charge on any atom is -0.507 e. The number of nitrogens with one attached hydrogen (secondary N) is 1. The second kappa shape index (κ2) is 6.49. The van der Waals surface area contributed by atoms with E-state index >= 15 is 0 Å². The van der Waals surface area contributed by atoms with Crippen LogP contribution in [-0.2, 0) is 0 Å². The number of amides is 1. The summed E-state index contributed by atoms with van der Waals surface area (Å²) in [6.45, 7) is 1.86. The van der Waals surface area contributed by atoms with Crippen LogP contribution in [-0.4, -0.2) is 22.2 Å².